The van der Waals surface area contributed by atoms with Crippen molar-refractivity contribution in [2.75, 3.05) is 6.54 Å². The Morgan fingerprint density at radius 2 is 1.90 bits per heavy atom. The van der Waals surface area contributed by atoms with Crippen LogP contribution < -0.4 is 10.1 Å². The highest BCUT2D eigenvalue weighted by Crippen LogP contribution is 2.62. The third-order valence-electron chi connectivity index (χ3n) is 5.09. The molecule has 0 aromatic heterocycles. The van der Waals surface area contributed by atoms with E-state index in [4.69, 9.17) is 4.74 Å². The number of hydrogen-bond acceptors (Lipinski definition) is 2. The largest absolute Gasteiger partial charge is 0.491 e. The predicted molar refractivity (Wildman–Crippen MR) is 87.6 cm³/mol. The molecule has 1 aromatic carbocycles. The van der Waals surface area contributed by atoms with E-state index < -0.39 is 0 Å². The van der Waals surface area contributed by atoms with Gasteiger partial charge in [0.1, 0.15) is 5.75 Å². The molecule has 2 heteroatoms. The first-order valence-corrected chi connectivity index (χ1v) is 8.71. The van der Waals surface area contributed by atoms with E-state index in [2.05, 4.69) is 50.4 Å². The van der Waals surface area contributed by atoms with E-state index in [9.17, 15) is 0 Å². The summed E-state index contributed by atoms with van der Waals surface area (Å²) >= 11 is 0. The van der Waals surface area contributed by atoms with Gasteiger partial charge in [0.05, 0.1) is 6.10 Å². The van der Waals surface area contributed by atoms with Gasteiger partial charge in [-0.2, -0.15) is 0 Å². The van der Waals surface area contributed by atoms with Crippen LogP contribution in [0, 0.1) is 17.8 Å². The number of hydrogen-bond donors (Lipinski definition) is 1. The van der Waals surface area contributed by atoms with Crippen LogP contribution in [0.2, 0.25) is 0 Å². The molecule has 3 unspecified atom stereocenters. The summed E-state index contributed by atoms with van der Waals surface area (Å²) in [5.41, 5.74) is 1.37. The second-order valence-electron chi connectivity index (χ2n) is 6.97. The summed E-state index contributed by atoms with van der Waals surface area (Å²) in [4.78, 5) is 0. The molecule has 1 N–H and O–H groups in total. The minimum atomic E-state index is 0.233. The molecule has 0 heterocycles. The Bertz CT molecular complexity index is 460. The standard InChI is InChI=1S/C19H29NO/c1-4-12-20-19(18-14-9-7-10-15(14)18)16-8-5-6-11-17(16)21-13(2)3/h5-6,8,11,13-15,18-20H,4,7,9-10,12H2,1-3H3. The van der Waals surface area contributed by atoms with Crippen molar-refractivity contribution < 1.29 is 4.74 Å². The van der Waals surface area contributed by atoms with Gasteiger partial charge in [-0.1, -0.05) is 31.5 Å². The van der Waals surface area contributed by atoms with Gasteiger partial charge < -0.3 is 10.1 Å². The number of fused-ring (bicyclic) bond motifs is 1. The Morgan fingerprint density at radius 1 is 1.19 bits per heavy atom. The van der Waals surface area contributed by atoms with Crippen molar-refractivity contribution in [1.29, 1.82) is 0 Å². The lowest BCUT2D eigenvalue weighted by Gasteiger charge is -2.24. The molecule has 2 nitrogen and oxygen atoms in total. The monoisotopic (exact) mass is 287 g/mol. The highest BCUT2D eigenvalue weighted by molar-refractivity contribution is 5.38. The maximum absolute atomic E-state index is 6.07. The molecule has 0 radical (unpaired) electrons. The van der Waals surface area contributed by atoms with Crippen molar-refractivity contribution in [3.63, 3.8) is 0 Å². The summed E-state index contributed by atoms with van der Waals surface area (Å²) in [6.07, 6.45) is 5.73. The number of benzene rings is 1. The molecule has 2 saturated carbocycles. The molecule has 0 bridgehead atoms. The second-order valence-corrected chi connectivity index (χ2v) is 6.97. The Kier molecular flexibility index (Phi) is 4.54. The van der Waals surface area contributed by atoms with Crippen molar-refractivity contribution >= 4 is 0 Å². The van der Waals surface area contributed by atoms with Crippen LogP contribution in [0.5, 0.6) is 5.75 Å². The maximum Gasteiger partial charge on any atom is 0.124 e. The van der Waals surface area contributed by atoms with Crippen LogP contribution in [0.4, 0.5) is 0 Å². The molecule has 1 aromatic rings. The quantitative estimate of drug-likeness (QED) is 0.793. The van der Waals surface area contributed by atoms with Gasteiger partial charge in [0.15, 0.2) is 0 Å². The second kappa shape index (κ2) is 6.39. The van der Waals surface area contributed by atoms with Crippen LogP contribution in [-0.2, 0) is 0 Å². The first-order chi connectivity index (χ1) is 10.2. The Labute approximate surface area is 129 Å². The summed E-state index contributed by atoms with van der Waals surface area (Å²) in [5, 5.41) is 3.81. The highest BCUT2D eigenvalue weighted by atomic mass is 16.5. The van der Waals surface area contributed by atoms with Crippen LogP contribution in [0.15, 0.2) is 24.3 Å². The molecule has 0 amide bonds. The van der Waals surface area contributed by atoms with E-state index in [1.165, 1.54) is 31.2 Å². The molecular formula is C19H29NO. The number of ether oxygens (including phenoxy) is 1. The summed E-state index contributed by atoms with van der Waals surface area (Å²) in [6.45, 7) is 7.55. The van der Waals surface area contributed by atoms with Gasteiger partial charge in [-0.25, -0.2) is 0 Å². The fraction of sp³-hybridized carbons (Fsp3) is 0.684. The molecule has 116 valence electrons. The minimum Gasteiger partial charge on any atom is -0.491 e. The number of nitrogens with one attached hydrogen (secondary N) is 1. The topological polar surface area (TPSA) is 21.3 Å². The Balaban J connectivity index is 1.82. The molecule has 0 aliphatic heterocycles. The zero-order chi connectivity index (χ0) is 14.8. The lowest BCUT2D eigenvalue weighted by molar-refractivity contribution is 0.235. The first kappa shape index (κ1) is 14.9. The molecule has 3 rings (SSSR count). The van der Waals surface area contributed by atoms with Crippen LogP contribution in [0.1, 0.15) is 58.1 Å². The van der Waals surface area contributed by atoms with Crippen molar-refractivity contribution in [1.82, 2.24) is 5.32 Å². The van der Waals surface area contributed by atoms with Gasteiger partial charge in [0.25, 0.3) is 0 Å². The SMILES string of the molecule is CCCNC(c1ccccc1OC(C)C)C1C2CCCC21. The Morgan fingerprint density at radius 3 is 2.57 bits per heavy atom. The Hall–Kier alpha value is -1.02. The van der Waals surface area contributed by atoms with Crippen LogP contribution in [0.3, 0.4) is 0 Å². The normalized spacial score (nSPS) is 28.5. The van der Waals surface area contributed by atoms with Gasteiger partial charge in [-0.05, 0) is 63.5 Å². The smallest absolute Gasteiger partial charge is 0.124 e. The minimum absolute atomic E-state index is 0.233. The molecule has 0 saturated heterocycles. The van der Waals surface area contributed by atoms with Crippen LogP contribution in [0.25, 0.3) is 0 Å². The molecule has 2 aliphatic carbocycles. The summed E-state index contributed by atoms with van der Waals surface area (Å²) < 4.78 is 6.07. The van der Waals surface area contributed by atoms with Gasteiger partial charge in [0, 0.05) is 11.6 Å². The van der Waals surface area contributed by atoms with Gasteiger partial charge in [-0.15, -0.1) is 0 Å². The van der Waals surface area contributed by atoms with Crippen molar-refractivity contribution in [3.05, 3.63) is 29.8 Å². The lowest BCUT2D eigenvalue weighted by atomic mass is 9.96. The predicted octanol–water partition coefficient (Wildman–Crippen LogP) is 4.56. The maximum atomic E-state index is 6.07. The van der Waals surface area contributed by atoms with E-state index in [1.54, 1.807) is 0 Å². The van der Waals surface area contributed by atoms with E-state index >= 15 is 0 Å². The summed E-state index contributed by atoms with van der Waals surface area (Å²) in [7, 11) is 0. The fourth-order valence-corrected chi connectivity index (χ4v) is 4.22. The summed E-state index contributed by atoms with van der Waals surface area (Å²) in [6, 6.07) is 9.12. The van der Waals surface area contributed by atoms with Crippen molar-refractivity contribution in [3.8, 4) is 5.75 Å². The van der Waals surface area contributed by atoms with E-state index in [0.29, 0.717) is 6.04 Å². The van der Waals surface area contributed by atoms with Crippen LogP contribution >= 0.6 is 0 Å². The average molecular weight is 287 g/mol. The van der Waals surface area contributed by atoms with Gasteiger partial charge in [-0.3, -0.25) is 0 Å². The zero-order valence-corrected chi connectivity index (χ0v) is 13.6. The van der Waals surface area contributed by atoms with E-state index in [0.717, 1.165) is 30.0 Å². The van der Waals surface area contributed by atoms with Crippen molar-refractivity contribution in [2.45, 2.75) is 58.6 Å². The molecule has 21 heavy (non-hydrogen) atoms. The van der Waals surface area contributed by atoms with Gasteiger partial charge >= 0.3 is 0 Å². The van der Waals surface area contributed by atoms with E-state index in [1.807, 2.05) is 0 Å². The summed E-state index contributed by atoms with van der Waals surface area (Å²) in [5.74, 6) is 3.84. The lowest BCUT2D eigenvalue weighted by Crippen LogP contribution is -2.26. The third-order valence-corrected chi connectivity index (χ3v) is 5.09. The van der Waals surface area contributed by atoms with Crippen LogP contribution in [-0.4, -0.2) is 12.6 Å². The molecular weight excluding hydrogens is 258 g/mol. The third kappa shape index (κ3) is 3.11. The highest BCUT2D eigenvalue weighted by Gasteiger charge is 2.56. The molecule has 3 atom stereocenters. The first-order valence-electron chi connectivity index (χ1n) is 8.71. The number of para-hydroxylation sites is 1. The van der Waals surface area contributed by atoms with Gasteiger partial charge in [0.2, 0.25) is 0 Å². The van der Waals surface area contributed by atoms with E-state index in [-0.39, 0.29) is 6.10 Å². The average Bonchev–Trinajstić information content (AvgIpc) is 2.93. The zero-order valence-electron chi connectivity index (χ0n) is 13.6. The molecule has 2 aliphatic rings. The molecule has 0 spiro atoms. The number of rotatable bonds is 7. The van der Waals surface area contributed by atoms with Crippen molar-refractivity contribution in [2.24, 2.45) is 17.8 Å². The fourth-order valence-electron chi connectivity index (χ4n) is 4.22. The molecule has 2 fully saturated rings.